The SMILES string of the molecule is O=C(O[C@H]1CCOC1=O)c1cccs1. The molecule has 74 valence electrons. The molecule has 0 radical (unpaired) electrons. The lowest BCUT2D eigenvalue weighted by Crippen LogP contribution is -2.22. The number of thiophene rings is 1. The van der Waals surface area contributed by atoms with Crippen LogP contribution >= 0.6 is 11.3 Å². The third-order valence-corrected chi connectivity index (χ3v) is 2.71. The van der Waals surface area contributed by atoms with Crippen molar-refractivity contribution in [2.24, 2.45) is 0 Å². The molecule has 1 aromatic rings. The molecular weight excluding hydrogens is 204 g/mol. The van der Waals surface area contributed by atoms with E-state index < -0.39 is 18.0 Å². The Labute approximate surface area is 84.4 Å². The smallest absolute Gasteiger partial charge is 0.349 e. The highest BCUT2D eigenvalue weighted by Gasteiger charge is 2.30. The molecule has 0 bridgehead atoms. The van der Waals surface area contributed by atoms with Crippen molar-refractivity contribution in [1.29, 1.82) is 0 Å². The van der Waals surface area contributed by atoms with Crippen LogP contribution in [0.4, 0.5) is 0 Å². The molecule has 1 aliphatic rings. The summed E-state index contributed by atoms with van der Waals surface area (Å²) in [5.41, 5.74) is 0. The van der Waals surface area contributed by atoms with Crippen molar-refractivity contribution >= 4 is 23.3 Å². The highest BCUT2D eigenvalue weighted by molar-refractivity contribution is 7.11. The van der Waals surface area contributed by atoms with Crippen molar-refractivity contribution in [1.82, 2.24) is 0 Å². The van der Waals surface area contributed by atoms with Crippen molar-refractivity contribution in [2.75, 3.05) is 6.61 Å². The molecule has 2 heterocycles. The second-order valence-corrected chi connectivity index (χ2v) is 3.78. The summed E-state index contributed by atoms with van der Waals surface area (Å²) >= 11 is 1.29. The van der Waals surface area contributed by atoms with Crippen LogP contribution in [0.3, 0.4) is 0 Å². The summed E-state index contributed by atoms with van der Waals surface area (Å²) < 4.78 is 9.64. The first kappa shape index (κ1) is 9.21. The van der Waals surface area contributed by atoms with Crippen LogP contribution in [0.25, 0.3) is 0 Å². The van der Waals surface area contributed by atoms with Gasteiger partial charge in [0, 0.05) is 6.42 Å². The minimum absolute atomic E-state index is 0.335. The van der Waals surface area contributed by atoms with Crippen LogP contribution in [-0.2, 0) is 14.3 Å². The molecule has 1 aromatic heterocycles. The van der Waals surface area contributed by atoms with Gasteiger partial charge in [-0.15, -0.1) is 11.3 Å². The first-order valence-electron chi connectivity index (χ1n) is 4.18. The molecule has 14 heavy (non-hydrogen) atoms. The molecule has 0 spiro atoms. The molecule has 1 fully saturated rings. The summed E-state index contributed by atoms with van der Waals surface area (Å²) in [6.07, 6.45) is -0.264. The highest BCUT2D eigenvalue weighted by Crippen LogP contribution is 2.15. The lowest BCUT2D eigenvalue weighted by atomic mass is 10.3. The van der Waals surface area contributed by atoms with Crippen LogP contribution in [-0.4, -0.2) is 24.6 Å². The van der Waals surface area contributed by atoms with E-state index in [1.54, 1.807) is 17.5 Å². The summed E-state index contributed by atoms with van der Waals surface area (Å²) in [5.74, 6) is -0.904. The van der Waals surface area contributed by atoms with Gasteiger partial charge in [0.2, 0.25) is 6.10 Å². The number of esters is 2. The van der Waals surface area contributed by atoms with Crippen LogP contribution in [0, 0.1) is 0 Å². The highest BCUT2D eigenvalue weighted by atomic mass is 32.1. The molecule has 0 unspecified atom stereocenters. The van der Waals surface area contributed by atoms with E-state index in [1.165, 1.54) is 11.3 Å². The fourth-order valence-corrected chi connectivity index (χ4v) is 1.77. The Morgan fingerprint density at radius 1 is 1.64 bits per heavy atom. The maximum Gasteiger partial charge on any atom is 0.349 e. The van der Waals surface area contributed by atoms with Gasteiger partial charge in [0.15, 0.2) is 0 Å². The van der Waals surface area contributed by atoms with E-state index in [9.17, 15) is 9.59 Å². The molecule has 4 nitrogen and oxygen atoms in total. The Balaban J connectivity index is 1.98. The van der Waals surface area contributed by atoms with Gasteiger partial charge in [0.05, 0.1) is 6.61 Å². The van der Waals surface area contributed by atoms with Crippen molar-refractivity contribution in [2.45, 2.75) is 12.5 Å². The molecule has 0 amide bonds. The fourth-order valence-electron chi connectivity index (χ4n) is 1.17. The normalized spacial score (nSPS) is 20.6. The molecule has 0 saturated carbocycles. The van der Waals surface area contributed by atoms with Crippen molar-refractivity contribution in [3.8, 4) is 0 Å². The summed E-state index contributed by atoms with van der Waals surface area (Å²) in [6.45, 7) is 0.335. The maximum absolute atomic E-state index is 11.4. The Morgan fingerprint density at radius 2 is 2.50 bits per heavy atom. The number of rotatable bonds is 2. The Bertz CT molecular complexity index is 344. The molecule has 5 heteroatoms. The van der Waals surface area contributed by atoms with E-state index in [0.29, 0.717) is 17.9 Å². The lowest BCUT2D eigenvalue weighted by molar-refractivity contribution is -0.145. The van der Waals surface area contributed by atoms with Gasteiger partial charge >= 0.3 is 11.9 Å². The predicted octanol–water partition coefficient (Wildman–Crippen LogP) is 1.22. The summed E-state index contributed by atoms with van der Waals surface area (Å²) in [6, 6.07) is 3.42. The van der Waals surface area contributed by atoms with Crippen molar-refractivity contribution in [3.63, 3.8) is 0 Å². The Hall–Kier alpha value is -1.36. The van der Waals surface area contributed by atoms with Gasteiger partial charge in [0.1, 0.15) is 4.88 Å². The zero-order valence-corrected chi connectivity index (χ0v) is 8.08. The number of hydrogen-bond acceptors (Lipinski definition) is 5. The van der Waals surface area contributed by atoms with Crippen LogP contribution in [0.1, 0.15) is 16.1 Å². The number of ether oxygens (including phenoxy) is 2. The van der Waals surface area contributed by atoms with Gasteiger partial charge in [-0.3, -0.25) is 0 Å². The molecule has 0 aromatic carbocycles. The topological polar surface area (TPSA) is 52.6 Å². The molecule has 1 aliphatic heterocycles. The average Bonchev–Trinajstić information content (AvgIpc) is 2.77. The summed E-state index contributed by atoms with van der Waals surface area (Å²) in [7, 11) is 0. The van der Waals surface area contributed by atoms with Crippen molar-refractivity contribution in [3.05, 3.63) is 22.4 Å². The van der Waals surface area contributed by atoms with Crippen molar-refractivity contribution < 1.29 is 19.1 Å². The minimum atomic E-state index is -0.718. The standard InChI is InChI=1S/C9H8O4S/c10-8-6(3-4-12-8)13-9(11)7-2-1-5-14-7/h1-2,5-6H,3-4H2/t6-/m0/s1. The van der Waals surface area contributed by atoms with E-state index in [4.69, 9.17) is 4.74 Å². The first-order valence-corrected chi connectivity index (χ1v) is 5.06. The van der Waals surface area contributed by atoms with Gasteiger partial charge < -0.3 is 9.47 Å². The van der Waals surface area contributed by atoms with Gasteiger partial charge in [-0.25, -0.2) is 9.59 Å². The first-order chi connectivity index (χ1) is 6.77. The van der Waals surface area contributed by atoms with Crippen LogP contribution in [0.5, 0.6) is 0 Å². The zero-order valence-electron chi connectivity index (χ0n) is 7.26. The molecule has 1 atom stereocenters. The minimum Gasteiger partial charge on any atom is -0.463 e. The van der Waals surface area contributed by atoms with E-state index in [1.807, 2.05) is 0 Å². The zero-order chi connectivity index (χ0) is 9.97. The van der Waals surface area contributed by atoms with Gasteiger partial charge in [-0.05, 0) is 11.4 Å². The third-order valence-electron chi connectivity index (χ3n) is 1.86. The summed E-state index contributed by atoms with van der Waals surface area (Å²) in [5, 5.41) is 1.78. The molecule has 0 aliphatic carbocycles. The van der Waals surface area contributed by atoms with Crippen LogP contribution < -0.4 is 0 Å². The third kappa shape index (κ3) is 1.77. The van der Waals surface area contributed by atoms with E-state index >= 15 is 0 Å². The number of cyclic esters (lactones) is 1. The number of carbonyl (C=O) groups excluding carboxylic acids is 2. The second-order valence-electron chi connectivity index (χ2n) is 2.83. The Morgan fingerprint density at radius 3 is 3.07 bits per heavy atom. The van der Waals surface area contributed by atoms with Crippen LogP contribution in [0.15, 0.2) is 17.5 Å². The van der Waals surface area contributed by atoms with E-state index in [2.05, 4.69) is 4.74 Å². The summed E-state index contributed by atoms with van der Waals surface area (Å²) in [4.78, 5) is 22.9. The number of carbonyl (C=O) groups is 2. The average molecular weight is 212 g/mol. The molecule has 1 saturated heterocycles. The molecular formula is C9H8O4S. The lowest BCUT2D eigenvalue weighted by Gasteiger charge is -2.06. The number of hydrogen-bond donors (Lipinski definition) is 0. The van der Waals surface area contributed by atoms with E-state index in [-0.39, 0.29) is 0 Å². The van der Waals surface area contributed by atoms with Crippen LogP contribution in [0.2, 0.25) is 0 Å². The quantitative estimate of drug-likeness (QED) is 0.692. The fraction of sp³-hybridized carbons (Fsp3) is 0.333. The maximum atomic E-state index is 11.4. The monoisotopic (exact) mass is 212 g/mol. The van der Waals surface area contributed by atoms with Gasteiger partial charge in [0.25, 0.3) is 0 Å². The Kier molecular flexibility index (Phi) is 2.49. The molecule has 0 N–H and O–H groups in total. The van der Waals surface area contributed by atoms with Gasteiger partial charge in [-0.2, -0.15) is 0 Å². The predicted molar refractivity (Wildman–Crippen MR) is 49.1 cm³/mol. The second kappa shape index (κ2) is 3.79. The van der Waals surface area contributed by atoms with Gasteiger partial charge in [-0.1, -0.05) is 6.07 Å². The molecule has 2 rings (SSSR count). The largest absolute Gasteiger partial charge is 0.463 e. The van der Waals surface area contributed by atoms with E-state index in [0.717, 1.165) is 0 Å².